The molecule has 13 heavy (non-hydrogen) atoms. The number of hydrogen-bond acceptors (Lipinski definition) is 6. The molecule has 1 aromatic heterocycles. The van der Waals surface area contributed by atoms with Crippen LogP contribution in [0.4, 0.5) is 11.6 Å². The van der Waals surface area contributed by atoms with Crippen LogP contribution < -0.4 is 11.5 Å². The van der Waals surface area contributed by atoms with Crippen molar-refractivity contribution in [3.63, 3.8) is 0 Å². The van der Waals surface area contributed by atoms with E-state index in [4.69, 9.17) is 11.5 Å². The molecule has 1 aromatic rings. The van der Waals surface area contributed by atoms with Crippen molar-refractivity contribution in [1.82, 2.24) is 9.97 Å². The zero-order valence-corrected chi connectivity index (χ0v) is 8.09. The van der Waals surface area contributed by atoms with Crippen LogP contribution in [0.25, 0.3) is 0 Å². The molecule has 0 aliphatic carbocycles. The largest absolute Gasteiger partial charge is 0.382 e. The standard InChI is InChI=1S/C6H10N4O2S/c1-3-9-5(7)4(6(8)10-3)13(2,11)12/h1-2H3,(H4,7,8,9,10). The van der Waals surface area contributed by atoms with Gasteiger partial charge in [0.1, 0.15) is 17.5 Å². The number of hydrogen-bond donors (Lipinski definition) is 2. The second kappa shape index (κ2) is 2.84. The maximum Gasteiger partial charge on any atom is 0.182 e. The summed E-state index contributed by atoms with van der Waals surface area (Å²) in [7, 11) is -3.46. The molecule has 0 fully saturated rings. The van der Waals surface area contributed by atoms with Crippen molar-refractivity contribution in [2.24, 2.45) is 0 Å². The summed E-state index contributed by atoms with van der Waals surface area (Å²) in [5.74, 6) is 0.141. The van der Waals surface area contributed by atoms with Gasteiger partial charge in [-0.25, -0.2) is 18.4 Å². The first-order valence-electron chi connectivity index (χ1n) is 3.42. The fraction of sp³-hybridized carbons (Fsp3) is 0.333. The molecule has 0 amide bonds. The Bertz CT molecular complexity index is 417. The number of aryl methyl sites for hydroxylation is 1. The van der Waals surface area contributed by atoms with Crippen LogP contribution >= 0.6 is 0 Å². The number of nitrogens with zero attached hydrogens (tertiary/aromatic N) is 2. The van der Waals surface area contributed by atoms with Crippen LogP contribution in [0.3, 0.4) is 0 Å². The van der Waals surface area contributed by atoms with E-state index < -0.39 is 9.84 Å². The molecule has 0 atom stereocenters. The maximum absolute atomic E-state index is 11.1. The molecular weight excluding hydrogens is 192 g/mol. The summed E-state index contributed by atoms with van der Waals surface area (Å²) in [5.41, 5.74) is 10.8. The fourth-order valence-electron chi connectivity index (χ4n) is 0.986. The van der Waals surface area contributed by atoms with Gasteiger partial charge in [0, 0.05) is 6.26 Å². The molecule has 0 bridgehead atoms. The Kier molecular flexibility index (Phi) is 2.12. The van der Waals surface area contributed by atoms with E-state index in [0.29, 0.717) is 5.82 Å². The van der Waals surface area contributed by atoms with Crippen molar-refractivity contribution < 1.29 is 8.42 Å². The predicted molar refractivity (Wildman–Crippen MR) is 48.7 cm³/mol. The van der Waals surface area contributed by atoms with Gasteiger partial charge in [-0.1, -0.05) is 0 Å². The predicted octanol–water partition coefficient (Wildman–Crippen LogP) is -0.647. The summed E-state index contributed by atoms with van der Waals surface area (Å²) in [6.07, 6.45) is 1.01. The smallest absolute Gasteiger partial charge is 0.182 e. The molecule has 0 radical (unpaired) electrons. The number of sulfone groups is 1. The van der Waals surface area contributed by atoms with Crippen molar-refractivity contribution >= 4 is 21.5 Å². The quantitative estimate of drug-likeness (QED) is 0.626. The highest BCUT2D eigenvalue weighted by Gasteiger charge is 2.18. The molecule has 0 spiro atoms. The third kappa shape index (κ3) is 1.86. The second-order valence-corrected chi connectivity index (χ2v) is 4.60. The number of nitrogens with two attached hydrogens (primary N) is 2. The average molecular weight is 202 g/mol. The van der Waals surface area contributed by atoms with Gasteiger partial charge < -0.3 is 11.5 Å². The Hall–Kier alpha value is -1.37. The first kappa shape index (κ1) is 9.72. The van der Waals surface area contributed by atoms with E-state index in [0.717, 1.165) is 6.26 Å². The minimum Gasteiger partial charge on any atom is -0.382 e. The molecular formula is C6H10N4O2S. The zero-order chi connectivity index (χ0) is 10.2. The molecule has 0 saturated heterocycles. The molecule has 4 N–H and O–H groups in total. The van der Waals surface area contributed by atoms with E-state index in [1.54, 1.807) is 6.92 Å². The van der Waals surface area contributed by atoms with Crippen LogP contribution in [-0.4, -0.2) is 24.6 Å². The van der Waals surface area contributed by atoms with Gasteiger partial charge in [0.2, 0.25) is 0 Å². The highest BCUT2D eigenvalue weighted by Crippen LogP contribution is 2.21. The van der Waals surface area contributed by atoms with Crippen LogP contribution in [0.2, 0.25) is 0 Å². The van der Waals surface area contributed by atoms with Gasteiger partial charge in [-0.3, -0.25) is 0 Å². The molecule has 0 aliphatic heterocycles. The van der Waals surface area contributed by atoms with E-state index in [9.17, 15) is 8.42 Å². The van der Waals surface area contributed by atoms with Crippen LogP contribution in [0.1, 0.15) is 5.82 Å². The van der Waals surface area contributed by atoms with E-state index >= 15 is 0 Å². The number of rotatable bonds is 1. The first-order valence-corrected chi connectivity index (χ1v) is 5.31. The normalized spacial score (nSPS) is 11.5. The fourth-order valence-corrected chi connectivity index (χ4v) is 1.84. The topological polar surface area (TPSA) is 112 Å². The molecule has 1 heterocycles. The SMILES string of the molecule is Cc1nc(N)c(S(C)(=O)=O)c(N)n1. The highest BCUT2D eigenvalue weighted by molar-refractivity contribution is 7.91. The van der Waals surface area contributed by atoms with Gasteiger partial charge in [0.05, 0.1) is 0 Å². The van der Waals surface area contributed by atoms with Crippen LogP contribution in [0, 0.1) is 6.92 Å². The van der Waals surface area contributed by atoms with Crippen molar-refractivity contribution in [2.45, 2.75) is 11.8 Å². The van der Waals surface area contributed by atoms with E-state index in [2.05, 4.69) is 9.97 Å². The Morgan fingerprint density at radius 2 is 1.54 bits per heavy atom. The molecule has 7 heteroatoms. The molecule has 72 valence electrons. The van der Waals surface area contributed by atoms with Crippen molar-refractivity contribution in [1.29, 1.82) is 0 Å². The van der Waals surface area contributed by atoms with Gasteiger partial charge in [0.25, 0.3) is 0 Å². The van der Waals surface area contributed by atoms with Gasteiger partial charge in [-0.15, -0.1) is 0 Å². The monoisotopic (exact) mass is 202 g/mol. The first-order chi connectivity index (χ1) is 5.82. The summed E-state index contributed by atoms with van der Waals surface area (Å²) >= 11 is 0. The summed E-state index contributed by atoms with van der Waals surface area (Å²) in [4.78, 5) is 7.22. The lowest BCUT2D eigenvalue weighted by Gasteiger charge is -2.05. The summed E-state index contributed by atoms with van der Waals surface area (Å²) in [6, 6.07) is 0. The Labute approximate surface area is 75.9 Å². The van der Waals surface area contributed by atoms with E-state index in [1.807, 2.05) is 0 Å². The van der Waals surface area contributed by atoms with E-state index in [1.165, 1.54) is 0 Å². The third-order valence-corrected chi connectivity index (χ3v) is 2.56. The van der Waals surface area contributed by atoms with Crippen molar-refractivity contribution in [3.8, 4) is 0 Å². The molecule has 0 aromatic carbocycles. The molecule has 6 nitrogen and oxygen atoms in total. The molecule has 1 rings (SSSR count). The second-order valence-electron chi connectivity index (χ2n) is 2.64. The molecule has 0 unspecified atom stereocenters. The lowest BCUT2D eigenvalue weighted by Crippen LogP contribution is -2.11. The van der Waals surface area contributed by atoms with Crippen molar-refractivity contribution in [2.75, 3.05) is 17.7 Å². The van der Waals surface area contributed by atoms with Crippen LogP contribution in [-0.2, 0) is 9.84 Å². The van der Waals surface area contributed by atoms with Gasteiger partial charge in [-0.2, -0.15) is 0 Å². The minimum atomic E-state index is -3.46. The Morgan fingerprint density at radius 1 is 1.15 bits per heavy atom. The third-order valence-electron chi connectivity index (χ3n) is 1.40. The van der Waals surface area contributed by atoms with E-state index in [-0.39, 0.29) is 16.5 Å². The number of aromatic nitrogens is 2. The van der Waals surface area contributed by atoms with Gasteiger partial charge in [0.15, 0.2) is 14.7 Å². The van der Waals surface area contributed by atoms with Crippen LogP contribution in [0.5, 0.6) is 0 Å². The molecule has 0 saturated carbocycles. The summed E-state index contributed by atoms with van der Waals surface area (Å²) < 4.78 is 22.3. The lowest BCUT2D eigenvalue weighted by molar-refractivity contribution is 0.602. The number of nitrogen functional groups attached to an aromatic ring is 2. The van der Waals surface area contributed by atoms with Gasteiger partial charge in [-0.05, 0) is 6.92 Å². The van der Waals surface area contributed by atoms with Crippen LogP contribution in [0.15, 0.2) is 4.90 Å². The summed E-state index contributed by atoms with van der Waals surface area (Å²) in [6.45, 7) is 1.58. The highest BCUT2D eigenvalue weighted by atomic mass is 32.2. The Balaban J connectivity index is 3.57. The zero-order valence-electron chi connectivity index (χ0n) is 7.27. The van der Waals surface area contributed by atoms with Gasteiger partial charge >= 0.3 is 0 Å². The van der Waals surface area contributed by atoms with Crippen molar-refractivity contribution in [3.05, 3.63) is 5.82 Å². The minimum absolute atomic E-state index is 0.104. The molecule has 0 aliphatic rings. The maximum atomic E-state index is 11.1. The summed E-state index contributed by atoms with van der Waals surface area (Å²) in [5, 5.41) is 0. The Morgan fingerprint density at radius 3 is 1.85 bits per heavy atom. The number of anilines is 2. The average Bonchev–Trinajstić information content (AvgIpc) is 1.78. The lowest BCUT2D eigenvalue weighted by atomic mass is 10.5.